The van der Waals surface area contributed by atoms with Gasteiger partial charge in [-0.05, 0) is 55.9 Å². The third kappa shape index (κ3) is 7.89. The quantitative estimate of drug-likeness (QED) is 0.435. The van der Waals surface area contributed by atoms with Gasteiger partial charge >= 0.3 is 0 Å². The summed E-state index contributed by atoms with van der Waals surface area (Å²) in [5.74, 6) is -0.237. The summed E-state index contributed by atoms with van der Waals surface area (Å²) in [6, 6.07) is 15.8. The molecule has 0 heterocycles. The molecular weight excluding hydrogens is 486 g/mol. The van der Waals surface area contributed by atoms with Gasteiger partial charge in [-0.2, -0.15) is 0 Å². The molecule has 8 heteroatoms. The van der Waals surface area contributed by atoms with Gasteiger partial charge in [-0.1, -0.05) is 68.7 Å². The highest BCUT2D eigenvalue weighted by Gasteiger charge is 2.30. The number of carbonyl (C=O) groups excluding carboxylic acids is 2. The van der Waals surface area contributed by atoms with Crippen molar-refractivity contribution >= 4 is 21.8 Å². The van der Waals surface area contributed by atoms with Crippen molar-refractivity contribution in [3.8, 4) is 0 Å². The van der Waals surface area contributed by atoms with Crippen LogP contribution in [0.15, 0.2) is 59.5 Å². The van der Waals surface area contributed by atoms with E-state index in [0.717, 1.165) is 36.8 Å². The van der Waals surface area contributed by atoms with E-state index >= 15 is 0 Å². The predicted octanol–water partition coefficient (Wildman–Crippen LogP) is 4.65. The van der Waals surface area contributed by atoms with Crippen LogP contribution in [-0.2, 0) is 26.2 Å². The van der Waals surface area contributed by atoms with Crippen LogP contribution in [0.1, 0.15) is 69.4 Å². The second kappa shape index (κ2) is 13.7. The Balaban J connectivity index is 1.70. The van der Waals surface area contributed by atoms with Crippen LogP contribution >= 0.6 is 0 Å². The summed E-state index contributed by atoms with van der Waals surface area (Å²) in [4.78, 5) is 28.8. The number of hydrogen-bond donors (Lipinski definition) is 1. The van der Waals surface area contributed by atoms with Gasteiger partial charge < -0.3 is 10.2 Å². The van der Waals surface area contributed by atoms with E-state index in [1.54, 1.807) is 35.2 Å². The first-order valence-electron chi connectivity index (χ1n) is 13.4. The largest absolute Gasteiger partial charge is 0.352 e. The van der Waals surface area contributed by atoms with E-state index < -0.39 is 16.1 Å². The number of hydrogen-bond acceptors (Lipinski definition) is 4. The summed E-state index contributed by atoms with van der Waals surface area (Å²) >= 11 is 0. The van der Waals surface area contributed by atoms with Crippen LogP contribution in [0.4, 0.5) is 0 Å². The minimum Gasteiger partial charge on any atom is -0.352 e. The van der Waals surface area contributed by atoms with E-state index in [2.05, 4.69) is 5.32 Å². The minimum absolute atomic E-state index is 0.0971. The number of nitrogens with zero attached hydrogens (tertiary/aromatic N) is 2. The van der Waals surface area contributed by atoms with Gasteiger partial charge in [0.05, 0.1) is 4.90 Å². The Morgan fingerprint density at radius 3 is 2.30 bits per heavy atom. The normalized spacial score (nSPS) is 15.4. The molecule has 1 atom stereocenters. The van der Waals surface area contributed by atoms with E-state index in [4.69, 9.17) is 0 Å². The minimum atomic E-state index is -3.62. The Morgan fingerprint density at radius 1 is 1.00 bits per heavy atom. The van der Waals surface area contributed by atoms with Gasteiger partial charge in [-0.3, -0.25) is 9.59 Å². The molecule has 0 saturated heterocycles. The number of benzene rings is 2. The second-order valence-corrected chi connectivity index (χ2v) is 12.0. The van der Waals surface area contributed by atoms with Crippen LogP contribution in [0.2, 0.25) is 0 Å². The molecule has 2 aromatic rings. The third-order valence-corrected chi connectivity index (χ3v) is 9.13. The Kier molecular flexibility index (Phi) is 10.7. The third-order valence-electron chi connectivity index (χ3n) is 7.25. The zero-order valence-corrected chi connectivity index (χ0v) is 23.2. The number of rotatable bonds is 12. The van der Waals surface area contributed by atoms with Crippen molar-refractivity contribution in [2.75, 3.05) is 13.6 Å². The number of nitrogens with one attached hydrogen (secondary N) is 1. The van der Waals surface area contributed by atoms with E-state index in [9.17, 15) is 18.0 Å². The molecule has 1 aliphatic carbocycles. The fraction of sp³-hybridized carbons (Fsp3) is 0.517. The second-order valence-electron chi connectivity index (χ2n) is 9.96. The van der Waals surface area contributed by atoms with Crippen LogP contribution in [0.25, 0.3) is 0 Å². The topological polar surface area (TPSA) is 86.8 Å². The Hall–Kier alpha value is -2.71. The lowest BCUT2D eigenvalue weighted by Gasteiger charge is -2.33. The van der Waals surface area contributed by atoms with Crippen molar-refractivity contribution < 1.29 is 18.0 Å². The first kappa shape index (κ1) is 28.9. The lowest BCUT2D eigenvalue weighted by atomic mass is 9.95. The summed E-state index contributed by atoms with van der Waals surface area (Å²) < 4.78 is 26.9. The van der Waals surface area contributed by atoms with Crippen LogP contribution in [0.3, 0.4) is 0 Å². The Labute approximate surface area is 222 Å². The van der Waals surface area contributed by atoms with Crippen molar-refractivity contribution in [1.29, 1.82) is 0 Å². The van der Waals surface area contributed by atoms with Crippen molar-refractivity contribution in [3.63, 3.8) is 0 Å². The molecule has 0 aliphatic heterocycles. The number of aryl methyl sites for hydroxylation is 1. The standard InChI is InChI=1S/C29H41N3O4S/c1-4-27(29(34)30-25-16-7-5-8-17-25)32(22-24-15-12-11-14-23(24)2)28(33)20-13-21-31(3)37(35,36)26-18-9-6-10-19-26/h6,9-12,14-15,18-19,25,27H,4-5,7-8,13,16-17,20-22H2,1-3H3,(H,30,34)/t27-/m1/s1. The van der Waals surface area contributed by atoms with E-state index in [1.807, 2.05) is 38.1 Å². The number of sulfonamides is 1. The van der Waals surface area contributed by atoms with Gasteiger partial charge in [-0.25, -0.2) is 12.7 Å². The van der Waals surface area contributed by atoms with Crippen LogP contribution in [0, 0.1) is 6.92 Å². The Bertz CT molecular complexity index is 1130. The first-order chi connectivity index (χ1) is 17.7. The lowest BCUT2D eigenvalue weighted by molar-refractivity contribution is -0.142. The summed E-state index contributed by atoms with van der Waals surface area (Å²) in [5.41, 5.74) is 2.07. The average molecular weight is 528 g/mol. The molecule has 1 fully saturated rings. The highest BCUT2D eigenvalue weighted by atomic mass is 32.2. The summed E-state index contributed by atoms with van der Waals surface area (Å²) in [7, 11) is -2.09. The van der Waals surface area contributed by atoms with Gasteiger partial charge in [0.1, 0.15) is 6.04 Å². The zero-order chi connectivity index (χ0) is 26.8. The molecule has 0 unspecified atom stereocenters. The summed E-state index contributed by atoms with van der Waals surface area (Å²) in [5, 5.41) is 3.20. The fourth-order valence-corrected chi connectivity index (χ4v) is 6.15. The molecule has 0 radical (unpaired) electrons. The van der Waals surface area contributed by atoms with Gasteiger partial charge in [0.15, 0.2) is 0 Å². The molecule has 0 spiro atoms. The Morgan fingerprint density at radius 2 is 1.65 bits per heavy atom. The SMILES string of the molecule is CC[C@H](C(=O)NC1CCCCC1)N(Cc1ccccc1C)C(=O)CCCN(C)S(=O)(=O)c1ccccc1. The molecule has 0 bridgehead atoms. The van der Waals surface area contributed by atoms with Gasteiger partial charge in [0.2, 0.25) is 21.8 Å². The van der Waals surface area contributed by atoms with Crippen LogP contribution < -0.4 is 5.32 Å². The maximum absolute atomic E-state index is 13.5. The molecule has 0 aromatic heterocycles. The maximum Gasteiger partial charge on any atom is 0.243 e. The summed E-state index contributed by atoms with van der Waals surface area (Å²) in [6.07, 6.45) is 6.45. The van der Waals surface area contributed by atoms with Crippen LogP contribution in [0.5, 0.6) is 0 Å². The smallest absolute Gasteiger partial charge is 0.243 e. The molecular formula is C29H41N3O4S. The molecule has 1 N–H and O–H groups in total. The summed E-state index contributed by atoms with van der Waals surface area (Å²) in [6.45, 7) is 4.50. The molecule has 1 aliphatic rings. The number of carbonyl (C=O) groups is 2. The molecule has 7 nitrogen and oxygen atoms in total. The fourth-order valence-electron chi connectivity index (χ4n) is 4.92. The van der Waals surface area contributed by atoms with Crippen molar-refractivity contribution in [2.45, 2.75) is 88.7 Å². The van der Waals surface area contributed by atoms with Crippen molar-refractivity contribution in [3.05, 3.63) is 65.7 Å². The van der Waals surface area contributed by atoms with Gasteiger partial charge in [0, 0.05) is 32.6 Å². The molecule has 1 saturated carbocycles. The lowest BCUT2D eigenvalue weighted by Crippen LogP contribution is -2.51. The van der Waals surface area contributed by atoms with E-state index in [-0.39, 0.29) is 35.7 Å². The zero-order valence-electron chi connectivity index (χ0n) is 22.4. The van der Waals surface area contributed by atoms with E-state index in [1.165, 1.54) is 17.8 Å². The predicted molar refractivity (Wildman–Crippen MR) is 146 cm³/mol. The highest BCUT2D eigenvalue weighted by molar-refractivity contribution is 7.89. The van der Waals surface area contributed by atoms with E-state index in [0.29, 0.717) is 19.4 Å². The maximum atomic E-state index is 13.5. The average Bonchev–Trinajstić information content (AvgIpc) is 2.90. The van der Waals surface area contributed by atoms with Gasteiger partial charge in [-0.15, -0.1) is 0 Å². The van der Waals surface area contributed by atoms with Crippen LogP contribution in [-0.4, -0.2) is 55.1 Å². The molecule has 2 aromatic carbocycles. The monoisotopic (exact) mass is 527 g/mol. The van der Waals surface area contributed by atoms with Crippen molar-refractivity contribution in [1.82, 2.24) is 14.5 Å². The molecule has 3 rings (SSSR count). The highest BCUT2D eigenvalue weighted by Crippen LogP contribution is 2.21. The van der Waals surface area contributed by atoms with Gasteiger partial charge in [0.25, 0.3) is 0 Å². The first-order valence-corrected chi connectivity index (χ1v) is 14.8. The number of amides is 2. The molecule has 2 amide bonds. The molecule has 202 valence electrons. The molecule has 37 heavy (non-hydrogen) atoms. The van der Waals surface area contributed by atoms with Crippen molar-refractivity contribution in [2.24, 2.45) is 0 Å².